The summed E-state index contributed by atoms with van der Waals surface area (Å²) in [5.41, 5.74) is -7.06. The van der Waals surface area contributed by atoms with Crippen molar-refractivity contribution in [2.24, 2.45) is 0 Å². The van der Waals surface area contributed by atoms with Gasteiger partial charge in [0, 0.05) is 12.0 Å². The number of aryl methyl sites for hydroxylation is 1. The molecule has 0 saturated carbocycles. The SMILES string of the molecule is FC(F)(F)C(F)(c1cc(CC(Cl)(Cl)Cl)cc2c1CCCC2)C(F)(F)F. The zero-order valence-corrected chi connectivity index (χ0v) is 14.7. The van der Waals surface area contributed by atoms with Gasteiger partial charge in [0.2, 0.25) is 0 Å². The summed E-state index contributed by atoms with van der Waals surface area (Å²) in [5.74, 6) is 0. The van der Waals surface area contributed by atoms with Crippen LogP contribution in [0.1, 0.15) is 35.1 Å². The van der Waals surface area contributed by atoms with Crippen LogP contribution in [0.2, 0.25) is 0 Å². The molecule has 1 aliphatic carbocycles. The molecule has 0 radical (unpaired) electrons. The fraction of sp³-hybridized carbons (Fsp3) is 0.600. The van der Waals surface area contributed by atoms with Gasteiger partial charge >= 0.3 is 18.0 Å². The van der Waals surface area contributed by atoms with Crippen molar-refractivity contribution in [2.75, 3.05) is 0 Å². The first-order valence-electron chi connectivity index (χ1n) is 7.21. The Kier molecular flexibility index (Phi) is 5.55. The van der Waals surface area contributed by atoms with Gasteiger partial charge in [-0.05, 0) is 42.4 Å². The standard InChI is InChI=1S/C15H12Cl3F7/c16-12(17,18)7-8-5-9-3-1-2-4-10(9)11(6-8)13(19,14(20,21)22)15(23,24)25/h5-6H,1-4,7H2. The Balaban J connectivity index is 2.75. The molecule has 0 fully saturated rings. The van der Waals surface area contributed by atoms with Crippen molar-refractivity contribution in [3.8, 4) is 0 Å². The van der Waals surface area contributed by atoms with E-state index in [4.69, 9.17) is 34.8 Å². The van der Waals surface area contributed by atoms with Crippen molar-refractivity contribution in [3.63, 3.8) is 0 Å². The third-order valence-electron chi connectivity index (χ3n) is 4.08. The Morgan fingerprint density at radius 3 is 1.80 bits per heavy atom. The molecule has 1 aliphatic rings. The van der Waals surface area contributed by atoms with E-state index in [2.05, 4.69) is 0 Å². The molecule has 0 aromatic heterocycles. The Bertz CT molecular complexity index is 630. The quantitative estimate of drug-likeness (QED) is 0.358. The van der Waals surface area contributed by atoms with Gasteiger partial charge in [0.25, 0.3) is 0 Å². The van der Waals surface area contributed by atoms with Gasteiger partial charge in [-0.1, -0.05) is 46.9 Å². The second-order valence-corrected chi connectivity index (χ2v) is 8.45. The molecule has 10 heteroatoms. The van der Waals surface area contributed by atoms with Gasteiger partial charge in [0.05, 0.1) is 0 Å². The Hall–Kier alpha value is -0.400. The van der Waals surface area contributed by atoms with E-state index in [1.54, 1.807) is 0 Å². The van der Waals surface area contributed by atoms with Gasteiger partial charge in [-0.2, -0.15) is 26.3 Å². The molecule has 0 saturated heterocycles. The van der Waals surface area contributed by atoms with Crippen LogP contribution in [0, 0.1) is 0 Å². The largest absolute Gasteiger partial charge is 0.435 e. The number of benzene rings is 1. The maximum absolute atomic E-state index is 14.6. The zero-order chi connectivity index (χ0) is 19.3. The monoisotopic (exact) mass is 430 g/mol. The molecule has 25 heavy (non-hydrogen) atoms. The molecule has 1 aromatic rings. The van der Waals surface area contributed by atoms with Crippen molar-refractivity contribution in [2.45, 2.75) is 53.9 Å². The fourth-order valence-electron chi connectivity index (χ4n) is 3.04. The van der Waals surface area contributed by atoms with E-state index in [-0.39, 0.29) is 29.5 Å². The average molecular weight is 432 g/mol. The third kappa shape index (κ3) is 4.14. The van der Waals surface area contributed by atoms with Crippen molar-refractivity contribution >= 4 is 34.8 Å². The lowest BCUT2D eigenvalue weighted by atomic mass is 9.80. The van der Waals surface area contributed by atoms with Crippen LogP contribution in [0.5, 0.6) is 0 Å². The lowest BCUT2D eigenvalue weighted by molar-refractivity contribution is -0.348. The van der Waals surface area contributed by atoms with E-state index >= 15 is 0 Å². The van der Waals surface area contributed by atoms with Gasteiger partial charge in [0.1, 0.15) is 0 Å². The lowest BCUT2D eigenvalue weighted by Gasteiger charge is -2.34. The van der Waals surface area contributed by atoms with Crippen LogP contribution in [0.15, 0.2) is 12.1 Å². The molecule has 0 bridgehead atoms. The molecule has 0 atom stereocenters. The van der Waals surface area contributed by atoms with Gasteiger partial charge < -0.3 is 0 Å². The predicted molar refractivity (Wildman–Crippen MR) is 82.0 cm³/mol. The van der Waals surface area contributed by atoms with Crippen molar-refractivity contribution in [1.82, 2.24) is 0 Å². The topological polar surface area (TPSA) is 0 Å². The Morgan fingerprint density at radius 2 is 1.32 bits per heavy atom. The van der Waals surface area contributed by atoms with E-state index in [1.807, 2.05) is 0 Å². The third-order valence-corrected chi connectivity index (χ3v) is 4.48. The van der Waals surface area contributed by atoms with E-state index in [0.29, 0.717) is 18.9 Å². The number of hydrogen-bond donors (Lipinski definition) is 0. The minimum Gasteiger partial charge on any atom is -0.218 e. The highest BCUT2D eigenvalue weighted by Crippen LogP contribution is 2.55. The molecular formula is C15H12Cl3F7. The van der Waals surface area contributed by atoms with Crippen LogP contribution in [0.4, 0.5) is 30.7 Å². The molecule has 2 rings (SSSR count). The smallest absolute Gasteiger partial charge is 0.218 e. The Morgan fingerprint density at radius 1 is 0.800 bits per heavy atom. The fourth-order valence-corrected chi connectivity index (χ4v) is 3.50. The van der Waals surface area contributed by atoms with E-state index in [1.165, 1.54) is 6.07 Å². The van der Waals surface area contributed by atoms with Crippen LogP contribution in [0.25, 0.3) is 0 Å². The number of halogens is 10. The minimum atomic E-state index is -6.17. The molecule has 0 unspecified atom stereocenters. The number of hydrogen-bond acceptors (Lipinski definition) is 0. The van der Waals surface area contributed by atoms with E-state index in [0.717, 1.165) is 0 Å². The second-order valence-electron chi connectivity index (χ2n) is 5.93. The molecule has 0 nitrogen and oxygen atoms in total. The summed E-state index contributed by atoms with van der Waals surface area (Å²) in [6, 6.07) is 1.90. The summed E-state index contributed by atoms with van der Waals surface area (Å²) in [7, 11) is 0. The summed E-state index contributed by atoms with van der Waals surface area (Å²) in [6.45, 7) is 0. The summed E-state index contributed by atoms with van der Waals surface area (Å²) >= 11 is 16.8. The molecule has 0 N–H and O–H groups in total. The van der Waals surface area contributed by atoms with Crippen LogP contribution < -0.4 is 0 Å². The van der Waals surface area contributed by atoms with Crippen molar-refractivity contribution in [1.29, 1.82) is 0 Å². The highest BCUT2D eigenvalue weighted by atomic mass is 35.6. The van der Waals surface area contributed by atoms with Gasteiger partial charge in [0.15, 0.2) is 3.79 Å². The molecule has 0 aliphatic heterocycles. The first-order chi connectivity index (χ1) is 11.2. The summed E-state index contributed by atoms with van der Waals surface area (Å²) in [4.78, 5) is 0. The molecule has 142 valence electrons. The highest BCUT2D eigenvalue weighted by Gasteiger charge is 2.74. The van der Waals surface area contributed by atoms with Crippen molar-refractivity contribution in [3.05, 3.63) is 34.4 Å². The van der Waals surface area contributed by atoms with E-state index < -0.39 is 33.8 Å². The predicted octanol–water partition coefficient (Wildman–Crippen LogP) is 6.77. The molecule has 1 aromatic carbocycles. The second kappa shape index (κ2) is 6.64. The van der Waals surface area contributed by atoms with Gasteiger partial charge in [-0.25, -0.2) is 4.39 Å². The molecule has 0 amide bonds. The molecular weight excluding hydrogens is 420 g/mol. The minimum absolute atomic E-state index is 0.0729. The molecule has 0 spiro atoms. The summed E-state index contributed by atoms with van der Waals surface area (Å²) in [6.07, 6.45) is -11.7. The highest BCUT2D eigenvalue weighted by molar-refractivity contribution is 6.67. The maximum Gasteiger partial charge on any atom is 0.435 e. The molecule has 0 heterocycles. The number of alkyl halides is 10. The lowest BCUT2D eigenvalue weighted by Crippen LogP contribution is -2.51. The Labute approximate surface area is 154 Å². The summed E-state index contributed by atoms with van der Waals surface area (Å²) in [5, 5.41) is 0. The van der Waals surface area contributed by atoms with Gasteiger partial charge in [-0.3, -0.25) is 0 Å². The number of fused-ring (bicyclic) bond motifs is 1. The van der Waals surface area contributed by atoms with E-state index in [9.17, 15) is 30.7 Å². The normalized spacial score (nSPS) is 16.7. The van der Waals surface area contributed by atoms with Crippen LogP contribution in [-0.4, -0.2) is 16.1 Å². The van der Waals surface area contributed by atoms with Crippen LogP contribution in [-0.2, 0) is 24.9 Å². The average Bonchev–Trinajstić information content (AvgIpc) is 2.41. The van der Waals surface area contributed by atoms with Crippen LogP contribution in [0.3, 0.4) is 0 Å². The van der Waals surface area contributed by atoms with Gasteiger partial charge in [-0.15, -0.1) is 0 Å². The first kappa shape index (κ1) is 20.9. The zero-order valence-electron chi connectivity index (χ0n) is 12.5. The first-order valence-corrected chi connectivity index (χ1v) is 8.34. The number of rotatable bonds is 2. The summed E-state index contributed by atoms with van der Waals surface area (Å²) < 4.78 is 91.6. The van der Waals surface area contributed by atoms with Crippen LogP contribution >= 0.6 is 34.8 Å². The van der Waals surface area contributed by atoms with Crippen molar-refractivity contribution < 1.29 is 30.7 Å². The maximum atomic E-state index is 14.6.